The molecule has 0 radical (unpaired) electrons. The molecule has 0 spiro atoms. The number of benzene rings is 2. The average molecular weight is 444 g/mol. The second-order valence-electron chi connectivity index (χ2n) is 6.87. The van der Waals surface area contributed by atoms with Crippen LogP contribution in [0, 0.1) is 0 Å². The Morgan fingerprint density at radius 1 is 1.00 bits per heavy atom. The van der Waals surface area contributed by atoms with Gasteiger partial charge in [0.15, 0.2) is 5.75 Å². The van der Waals surface area contributed by atoms with Crippen LogP contribution in [0.3, 0.4) is 0 Å². The fraction of sp³-hybridized carbons (Fsp3) is 0.304. The van der Waals surface area contributed by atoms with Crippen LogP contribution < -0.4 is 10.1 Å². The van der Waals surface area contributed by atoms with Gasteiger partial charge in [0.25, 0.3) is 0 Å². The van der Waals surface area contributed by atoms with Crippen molar-refractivity contribution in [1.82, 2.24) is 0 Å². The number of para-hydroxylation sites is 1. The van der Waals surface area contributed by atoms with Gasteiger partial charge in [-0.1, -0.05) is 42.5 Å². The highest BCUT2D eigenvalue weighted by Crippen LogP contribution is 2.52. The molecule has 0 fully saturated rings. The van der Waals surface area contributed by atoms with Crippen LogP contribution in [-0.2, 0) is 18.4 Å². The first-order chi connectivity index (χ1) is 14.9. The lowest BCUT2D eigenvalue weighted by molar-refractivity contribution is -0.117. The molecule has 0 aliphatic heterocycles. The maximum absolute atomic E-state index is 13.2. The SMILES string of the molecule is CCOP(=O)(OCC)Oc1c(C(CC(C)=O)c2ccccc2)c(=O)oc2ccccc12. The van der Waals surface area contributed by atoms with Gasteiger partial charge in [-0.15, -0.1) is 0 Å². The predicted octanol–water partition coefficient (Wildman–Crippen LogP) is 5.46. The molecule has 0 saturated carbocycles. The zero-order chi connectivity index (χ0) is 22.4. The number of hydrogen-bond acceptors (Lipinski definition) is 7. The van der Waals surface area contributed by atoms with E-state index in [1.807, 2.05) is 30.3 Å². The molecule has 0 N–H and O–H groups in total. The molecule has 164 valence electrons. The van der Waals surface area contributed by atoms with Gasteiger partial charge in [0, 0.05) is 12.3 Å². The molecule has 0 aliphatic carbocycles. The van der Waals surface area contributed by atoms with Gasteiger partial charge >= 0.3 is 13.4 Å². The van der Waals surface area contributed by atoms with Crippen molar-refractivity contribution in [3.05, 3.63) is 76.1 Å². The number of fused-ring (bicyclic) bond motifs is 1. The van der Waals surface area contributed by atoms with E-state index in [1.54, 1.807) is 38.1 Å². The monoisotopic (exact) mass is 444 g/mol. The van der Waals surface area contributed by atoms with Gasteiger partial charge in [-0.3, -0.25) is 13.8 Å². The minimum atomic E-state index is -4.02. The molecule has 0 aliphatic rings. The molecule has 1 aromatic heterocycles. The topological polar surface area (TPSA) is 92.0 Å². The van der Waals surface area contributed by atoms with Crippen molar-refractivity contribution in [2.45, 2.75) is 33.1 Å². The maximum Gasteiger partial charge on any atom is 0.530 e. The van der Waals surface area contributed by atoms with Gasteiger partial charge in [-0.2, -0.15) is 0 Å². The van der Waals surface area contributed by atoms with Crippen LogP contribution in [0.2, 0.25) is 0 Å². The van der Waals surface area contributed by atoms with Gasteiger partial charge in [0.1, 0.15) is 11.4 Å². The van der Waals surface area contributed by atoms with Crippen LogP contribution >= 0.6 is 7.82 Å². The van der Waals surface area contributed by atoms with Crippen LogP contribution in [-0.4, -0.2) is 19.0 Å². The minimum absolute atomic E-state index is 0.0344. The third-order valence-corrected chi connectivity index (χ3v) is 6.17. The van der Waals surface area contributed by atoms with Crippen molar-refractivity contribution in [3.63, 3.8) is 0 Å². The highest BCUT2D eigenvalue weighted by Gasteiger charge is 2.34. The van der Waals surface area contributed by atoms with Crippen LogP contribution in [0.1, 0.15) is 44.2 Å². The first-order valence-electron chi connectivity index (χ1n) is 10.1. The Morgan fingerprint density at radius 3 is 2.23 bits per heavy atom. The summed E-state index contributed by atoms with van der Waals surface area (Å²) in [7, 11) is -4.02. The Bertz CT molecular complexity index is 1140. The molecule has 31 heavy (non-hydrogen) atoms. The van der Waals surface area contributed by atoms with Gasteiger partial charge in [-0.05, 0) is 38.5 Å². The Balaban J connectivity index is 2.30. The fourth-order valence-corrected chi connectivity index (χ4v) is 4.64. The van der Waals surface area contributed by atoms with E-state index in [1.165, 1.54) is 6.92 Å². The lowest BCUT2D eigenvalue weighted by Gasteiger charge is -2.23. The van der Waals surface area contributed by atoms with Crippen molar-refractivity contribution in [1.29, 1.82) is 0 Å². The summed E-state index contributed by atoms with van der Waals surface area (Å²) in [5, 5.41) is 0.432. The first-order valence-corrected chi connectivity index (χ1v) is 11.5. The van der Waals surface area contributed by atoms with E-state index in [4.69, 9.17) is 18.0 Å². The highest BCUT2D eigenvalue weighted by atomic mass is 31.2. The molecular weight excluding hydrogens is 419 g/mol. The number of carbonyl (C=O) groups excluding carboxylic acids is 1. The lowest BCUT2D eigenvalue weighted by Crippen LogP contribution is -2.18. The van der Waals surface area contributed by atoms with Crippen LogP contribution in [0.4, 0.5) is 0 Å². The Kier molecular flexibility index (Phi) is 7.44. The summed E-state index contributed by atoms with van der Waals surface area (Å²) >= 11 is 0. The summed E-state index contributed by atoms with van der Waals surface area (Å²) in [6.45, 7) is 4.94. The summed E-state index contributed by atoms with van der Waals surface area (Å²) in [6, 6.07) is 15.9. The van der Waals surface area contributed by atoms with Gasteiger partial charge < -0.3 is 8.94 Å². The second-order valence-corrected chi connectivity index (χ2v) is 8.47. The van der Waals surface area contributed by atoms with Crippen molar-refractivity contribution in [2.24, 2.45) is 0 Å². The van der Waals surface area contributed by atoms with Crippen LogP contribution in [0.15, 0.2) is 63.8 Å². The number of ketones is 1. The number of rotatable bonds is 10. The summed E-state index contributed by atoms with van der Waals surface area (Å²) in [4.78, 5) is 25.2. The number of phosphoric ester groups is 1. The molecule has 3 aromatic rings. The number of phosphoric acid groups is 1. The summed E-state index contributed by atoms with van der Waals surface area (Å²) < 4.78 is 35.2. The van der Waals surface area contributed by atoms with Crippen molar-refractivity contribution < 1.29 is 27.3 Å². The Labute approximate surface area is 180 Å². The zero-order valence-corrected chi connectivity index (χ0v) is 18.6. The molecule has 3 rings (SSSR count). The highest BCUT2D eigenvalue weighted by molar-refractivity contribution is 7.48. The average Bonchev–Trinajstić information content (AvgIpc) is 2.73. The van der Waals surface area contributed by atoms with Crippen LogP contribution in [0.5, 0.6) is 5.75 Å². The molecular formula is C23H25O7P. The van der Waals surface area contributed by atoms with E-state index in [-0.39, 0.29) is 42.3 Å². The van der Waals surface area contributed by atoms with Gasteiger partial charge in [-0.25, -0.2) is 9.36 Å². The first kappa shape index (κ1) is 22.9. The summed E-state index contributed by atoms with van der Waals surface area (Å²) in [5.74, 6) is -0.747. The van der Waals surface area contributed by atoms with E-state index in [0.29, 0.717) is 5.39 Å². The van der Waals surface area contributed by atoms with E-state index >= 15 is 0 Å². The smallest absolute Gasteiger partial charge is 0.422 e. The molecule has 2 aromatic carbocycles. The minimum Gasteiger partial charge on any atom is -0.422 e. The van der Waals surface area contributed by atoms with Crippen LogP contribution in [0.25, 0.3) is 11.0 Å². The Morgan fingerprint density at radius 2 is 1.61 bits per heavy atom. The van der Waals surface area contributed by atoms with Crippen molar-refractivity contribution >= 4 is 24.6 Å². The molecule has 0 amide bonds. The standard InChI is InChI=1S/C23H25O7P/c1-4-27-31(26,28-5-2)30-22-18-13-9-10-14-20(18)29-23(25)21(22)19(15-16(3)24)17-11-7-6-8-12-17/h6-14,19H,4-5,15H2,1-3H3. The summed E-state index contributed by atoms with van der Waals surface area (Å²) in [5.41, 5.74) is 0.413. The quantitative estimate of drug-likeness (QED) is 0.303. The molecule has 0 bridgehead atoms. The molecule has 1 heterocycles. The van der Waals surface area contributed by atoms with Gasteiger partial charge in [0.2, 0.25) is 0 Å². The maximum atomic E-state index is 13.2. The van der Waals surface area contributed by atoms with E-state index in [2.05, 4.69) is 0 Å². The van der Waals surface area contributed by atoms with Gasteiger partial charge in [0.05, 0.1) is 24.2 Å². The van der Waals surface area contributed by atoms with E-state index in [0.717, 1.165) is 5.56 Å². The van der Waals surface area contributed by atoms with Crippen molar-refractivity contribution in [2.75, 3.05) is 13.2 Å². The summed E-state index contributed by atoms with van der Waals surface area (Å²) in [6.07, 6.45) is 0.0387. The molecule has 8 heteroatoms. The number of hydrogen-bond donors (Lipinski definition) is 0. The third kappa shape index (κ3) is 5.31. The largest absolute Gasteiger partial charge is 0.530 e. The molecule has 0 saturated heterocycles. The molecule has 1 unspecified atom stereocenters. The number of Topliss-reactive ketones (excluding diaryl/α,β-unsaturated/α-hetero) is 1. The fourth-order valence-electron chi connectivity index (χ4n) is 3.41. The molecule has 7 nitrogen and oxygen atoms in total. The van der Waals surface area contributed by atoms with E-state index < -0.39 is 19.4 Å². The number of carbonyl (C=O) groups is 1. The molecule has 1 atom stereocenters. The lowest BCUT2D eigenvalue weighted by atomic mass is 9.87. The Hall–Kier alpha value is -2.73. The van der Waals surface area contributed by atoms with Crippen molar-refractivity contribution in [3.8, 4) is 5.75 Å². The predicted molar refractivity (Wildman–Crippen MR) is 118 cm³/mol. The third-order valence-electron chi connectivity index (χ3n) is 4.62. The zero-order valence-electron chi connectivity index (χ0n) is 17.7. The second kappa shape index (κ2) is 10.1. The normalized spacial score (nSPS) is 12.6. The van der Waals surface area contributed by atoms with E-state index in [9.17, 15) is 14.2 Å².